The van der Waals surface area contributed by atoms with Crippen LogP contribution in [0.3, 0.4) is 0 Å². The van der Waals surface area contributed by atoms with Crippen molar-refractivity contribution in [3.05, 3.63) is 60.2 Å². The van der Waals surface area contributed by atoms with Gasteiger partial charge in [0.05, 0.1) is 6.04 Å². The van der Waals surface area contributed by atoms with Crippen LogP contribution in [0.1, 0.15) is 17.4 Å². The van der Waals surface area contributed by atoms with Gasteiger partial charge in [-0.05, 0) is 22.8 Å². The second kappa shape index (κ2) is 4.58. The number of fused-ring (bicyclic) bond motifs is 1. The molecule has 90 valence electrons. The number of benzene rings is 2. The maximum Gasteiger partial charge on any atom is 0.141 e. The summed E-state index contributed by atoms with van der Waals surface area (Å²) in [7, 11) is 0. The highest BCUT2D eigenvalue weighted by Gasteiger charge is 2.11. The number of nitrogens with zero attached hydrogens (tertiary/aromatic N) is 2. The molecule has 3 N–H and O–H groups in total. The van der Waals surface area contributed by atoms with Crippen molar-refractivity contribution in [1.82, 2.24) is 15.2 Å². The highest BCUT2D eigenvalue weighted by atomic mass is 15.2. The molecule has 18 heavy (non-hydrogen) atoms. The molecular formula is C14H14N4. The van der Waals surface area contributed by atoms with Crippen molar-refractivity contribution in [3.63, 3.8) is 0 Å². The molecule has 1 aromatic heterocycles. The standard InChI is InChI=1S/C14H14N4/c15-13(14-16-9-17-18-14)8-11-6-3-5-10-4-1-2-7-12(10)11/h1-7,9,13H,8,15H2,(H,16,17,18). The molecule has 4 heteroatoms. The summed E-state index contributed by atoms with van der Waals surface area (Å²) in [5, 5.41) is 9.13. The molecule has 0 aliphatic carbocycles. The predicted molar refractivity (Wildman–Crippen MR) is 71.0 cm³/mol. The van der Waals surface area contributed by atoms with Crippen LogP contribution in [0, 0.1) is 0 Å². The molecule has 4 nitrogen and oxygen atoms in total. The zero-order valence-corrected chi connectivity index (χ0v) is 9.88. The average Bonchev–Trinajstić information content (AvgIpc) is 2.93. The van der Waals surface area contributed by atoms with Crippen molar-refractivity contribution in [1.29, 1.82) is 0 Å². The maximum absolute atomic E-state index is 6.13. The third-order valence-electron chi connectivity index (χ3n) is 3.10. The smallest absolute Gasteiger partial charge is 0.141 e. The monoisotopic (exact) mass is 238 g/mol. The number of rotatable bonds is 3. The average molecular weight is 238 g/mol. The minimum atomic E-state index is -0.154. The van der Waals surface area contributed by atoms with Crippen LogP contribution in [0.2, 0.25) is 0 Å². The molecule has 0 amide bonds. The molecule has 0 fully saturated rings. The molecule has 0 saturated carbocycles. The van der Waals surface area contributed by atoms with Crippen LogP contribution in [-0.2, 0) is 6.42 Å². The molecular weight excluding hydrogens is 224 g/mol. The zero-order valence-electron chi connectivity index (χ0n) is 9.88. The van der Waals surface area contributed by atoms with Crippen molar-refractivity contribution < 1.29 is 0 Å². The Labute approximate surface area is 105 Å². The van der Waals surface area contributed by atoms with Crippen LogP contribution in [-0.4, -0.2) is 15.2 Å². The summed E-state index contributed by atoms with van der Waals surface area (Å²) in [5.41, 5.74) is 7.36. The van der Waals surface area contributed by atoms with Crippen LogP contribution in [0.5, 0.6) is 0 Å². The second-order valence-electron chi connectivity index (χ2n) is 4.32. The zero-order chi connectivity index (χ0) is 12.4. The summed E-state index contributed by atoms with van der Waals surface area (Å²) >= 11 is 0. The van der Waals surface area contributed by atoms with E-state index in [9.17, 15) is 0 Å². The summed E-state index contributed by atoms with van der Waals surface area (Å²) in [6.45, 7) is 0. The van der Waals surface area contributed by atoms with Gasteiger partial charge in [0, 0.05) is 0 Å². The van der Waals surface area contributed by atoms with Crippen LogP contribution < -0.4 is 5.73 Å². The lowest BCUT2D eigenvalue weighted by molar-refractivity contribution is 0.673. The Balaban J connectivity index is 1.95. The van der Waals surface area contributed by atoms with Gasteiger partial charge in [-0.25, -0.2) is 4.98 Å². The number of aromatic amines is 1. The van der Waals surface area contributed by atoms with E-state index in [-0.39, 0.29) is 6.04 Å². The first-order chi connectivity index (χ1) is 8.84. The Morgan fingerprint density at radius 3 is 2.78 bits per heavy atom. The summed E-state index contributed by atoms with van der Waals surface area (Å²) in [6, 6.07) is 14.4. The fourth-order valence-corrected chi connectivity index (χ4v) is 2.20. The van der Waals surface area contributed by atoms with Crippen LogP contribution >= 0.6 is 0 Å². The SMILES string of the molecule is NC(Cc1cccc2ccccc12)c1ncn[nH]1. The van der Waals surface area contributed by atoms with Gasteiger partial charge in [-0.1, -0.05) is 42.5 Å². The van der Waals surface area contributed by atoms with Crippen molar-refractivity contribution in [3.8, 4) is 0 Å². The van der Waals surface area contributed by atoms with Gasteiger partial charge in [-0.3, -0.25) is 5.10 Å². The lowest BCUT2D eigenvalue weighted by Gasteiger charge is -2.10. The van der Waals surface area contributed by atoms with Crippen LogP contribution in [0.4, 0.5) is 0 Å². The molecule has 0 aliphatic rings. The largest absolute Gasteiger partial charge is 0.321 e. The van der Waals surface area contributed by atoms with E-state index in [0.717, 1.165) is 12.2 Å². The van der Waals surface area contributed by atoms with E-state index in [0.29, 0.717) is 0 Å². The topological polar surface area (TPSA) is 67.6 Å². The van der Waals surface area contributed by atoms with E-state index in [1.807, 2.05) is 12.1 Å². The number of hydrogen-bond donors (Lipinski definition) is 2. The lowest BCUT2D eigenvalue weighted by Crippen LogP contribution is -2.15. The fourth-order valence-electron chi connectivity index (χ4n) is 2.20. The van der Waals surface area contributed by atoms with Crippen molar-refractivity contribution >= 4 is 10.8 Å². The quantitative estimate of drug-likeness (QED) is 0.735. The van der Waals surface area contributed by atoms with E-state index < -0.39 is 0 Å². The molecule has 1 unspecified atom stereocenters. The molecule has 0 radical (unpaired) electrons. The van der Waals surface area contributed by atoms with Crippen LogP contribution in [0.15, 0.2) is 48.8 Å². The maximum atomic E-state index is 6.13. The molecule has 1 atom stereocenters. The Kier molecular flexibility index (Phi) is 2.78. The molecule has 0 bridgehead atoms. The van der Waals surface area contributed by atoms with Gasteiger partial charge in [0.25, 0.3) is 0 Å². The fraction of sp³-hybridized carbons (Fsp3) is 0.143. The van der Waals surface area contributed by atoms with Gasteiger partial charge in [0.2, 0.25) is 0 Å². The van der Waals surface area contributed by atoms with E-state index in [2.05, 4.69) is 45.5 Å². The van der Waals surface area contributed by atoms with Crippen molar-refractivity contribution in [2.24, 2.45) is 5.73 Å². The molecule has 0 aliphatic heterocycles. The van der Waals surface area contributed by atoms with E-state index in [1.54, 1.807) is 0 Å². The minimum absolute atomic E-state index is 0.154. The van der Waals surface area contributed by atoms with E-state index >= 15 is 0 Å². The predicted octanol–water partition coefficient (Wildman–Crippen LogP) is 2.20. The lowest BCUT2D eigenvalue weighted by atomic mass is 9.99. The number of nitrogens with one attached hydrogen (secondary N) is 1. The summed E-state index contributed by atoms with van der Waals surface area (Å²) < 4.78 is 0. The van der Waals surface area contributed by atoms with Crippen molar-refractivity contribution in [2.45, 2.75) is 12.5 Å². The van der Waals surface area contributed by atoms with Crippen molar-refractivity contribution in [2.75, 3.05) is 0 Å². The molecule has 3 rings (SSSR count). The number of H-pyrrole nitrogens is 1. The Morgan fingerprint density at radius 1 is 1.11 bits per heavy atom. The highest BCUT2D eigenvalue weighted by Crippen LogP contribution is 2.22. The highest BCUT2D eigenvalue weighted by molar-refractivity contribution is 5.85. The molecule has 2 aromatic carbocycles. The van der Waals surface area contributed by atoms with Crippen LogP contribution in [0.25, 0.3) is 10.8 Å². The van der Waals surface area contributed by atoms with E-state index in [1.165, 1.54) is 22.7 Å². The summed E-state index contributed by atoms with van der Waals surface area (Å²) in [6.07, 6.45) is 2.23. The first-order valence-electron chi connectivity index (χ1n) is 5.92. The molecule has 0 saturated heterocycles. The third-order valence-corrected chi connectivity index (χ3v) is 3.10. The third kappa shape index (κ3) is 1.98. The molecule has 3 aromatic rings. The van der Waals surface area contributed by atoms with E-state index in [4.69, 9.17) is 5.73 Å². The normalized spacial score (nSPS) is 12.7. The summed E-state index contributed by atoms with van der Waals surface area (Å²) in [4.78, 5) is 4.10. The molecule has 0 spiro atoms. The Morgan fingerprint density at radius 2 is 1.94 bits per heavy atom. The number of nitrogens with two attached hydrogens (primary N) is 1. The van der Waals surface area contributed by atoms with Gasteiger partial charge in [0.15, 0.2) is 0 Å². The van der Waals surface area contributed by atoms with Gasteiger partial charge in [-0.2, -0.15) is 5.10 Å². The Hall–Kier alpha value is -2.20. The van der Waals surface area contributed by atoms with Gasteiger partial charge >= 0.3 is 0 Å². The van der Waals surface area contributed by atoms with Gasteiger partial charge < -0.3 is 5.73 Å². The summed E-state index contributed by atoms with van der Waals surface area (Å²) in [5.74, 6) is 0.725. The van der Waals surface area contributed by atoms with Gasteiger partial charge in [0.1, 0.15) is 12.2 Å². The molecule has 1 heterocycles. The number of aromatic nitrogens is 3. The first-order valence-corrected chi connectivity index (χ1v) is 5.92. The Bertz CT molecular complexity index is 640. The second-order valence-corrected chi connectivity index (χ2v) is 4.32. The number of hydrogen-bond acceptors (Lipinski definition) is 3. The minimum Gasteiger partial charge on any atom is -0.321 e. The first kappa shape index (κ1) is 10.9. The van der Waals surface area contributed by atoms with Gasteiger partial charge in [-0.15, -0.1) is 0 Å².